The number of likely N-dealkylation sites (tertiary alicyclic amines) is 1. The molecule has 6 heteroatoms. The van der Waals surface area contributed by atoms with E-state index in [0.717, 1.165) is 24.2 Å². The van der Waals surface area contributed by atoms with Crippen molar-refractivity contribution in [1.29, 1.82) is 0 Å². The predicted octanol–water partition coefficient (Wildman–Crippen LogP) is 0.998. The Balaban J connectivity index is 2.03. The zero-order valence-corrected chi connectivity index (χ0v) is 11.2. The lowest BCUT2D eigenvalue weighted by Crippen LogP contribution is -2.30. The fourth-order valence-electron chi connectivity index (χ4n) is 2.67. The lowest BCUT2D eigenvalue weighted by Gasteiger charge is -2.21. The third-order valence-corrected chi connectivity index (χ3v) is 3.56. The molecule has 3 rings (SSSR count). The highest BCUT2D eigenvalue weighted by Crippen LogP contribution is 2.31. The third-order valence-electron chi connectivity index (χ3n) is 3.56. The van der Waals surface area contributed by atoms with Gasteiger partial charge in [0.25, 0.3) is 5.91 Å². The van der Waals surface area contributed by atoms with Crippen LogP contribution in [-0.2, 0) is 4.79 Å². The van der Waals surface area contributed by atoms with Gasteiger partial charge in [-0.05, 0) is 25.7 Å². The molecule has 102 valence electrons. The minimum atomic E-state index is -0.145. The van der Waals surface area contributed by atoms with Crippen LogP contribution < -0.4 is 5.73 Å². The highest BCUT2D eigenvalue weighted by atomic mass is 16.2. The highest BCUT2D eigenvalue weighted by Gasteiger charge is 2.32. The van der Waals surface area contributed by atoms with Gasteiger partial charge in [-0.3, -0.25) is 9.20 Å². The standard InChI is InChI=1S/C14H15N5O/c1-2-4-12(20)18-7-3-5-10(18)14-17-9-11-13(15)16-6-8-19(11)14/h6,8-10H,3,5,7H2,1H3,(H2,15,16). The SMILES string of the molecule is CC#CC(=O)N1CCCC1c1ncc2c(N)nccn12. The van der Waals surface area contributed by atoms with E-state index in [1.807, 2.05) is 10.6 Å². The third kappa shape index (κ3) is 1.88. The summed E-state index contributed by atoms with van der Waals surface area (Å²) in [4.78, 5) is 22.3. The second kappa shape index (κ2) is 4.85. The minimum absolute atomic E-state index is 0.0485. The predicted molar refractivity (Wildman–Crippen MR) is 74.5 cm³/mol. The maximum atomic E-state index is 12.0. The zero-order chi connectivity index (χ0) is 14.1. The molecule has 1 saturated heterocycles. The Bertz CT molecular complexity index is 724. The van der Waals surface area contributed by atoms with E-state index < -0.39 is 0 Å². The van der Waals surface area contributed by atoms with Gasteiger partial charge in [0.05, 0.1) is 12.2 Å². The van der Waals surface area contributed by atoms with Crippen LogP contribution in [0.25, 0.3) is 5.52 Å². The van der Waals surface area contributed by atoms with E-state index in [1.165, 1.54) is 0 Å². The Hall–Kier alpha value is -2.55. The summed E-state index contributed by atoms with van der Waals surface area (Å²) >= 11 is 0. The number of imidazole rings is 1. The average Bonchev–Trinajstić information content (AvgIpc) is 3.05. The Morgan fingerprint density at radius 3 is 3.15 bits per heavy atom. The molecular formula is C14H15N5O. The van der Waals surface area contributed by atoms with Crippen molar-refractivity contribution >= 4 is 17.2 Å². The van der Waals surface area contributed by atoms with Gasteiger partial charge in [0.2, 0.25) is 0 Å². The minimum Gasteiger partial charge on any atom is -0.382 e. The highest BCUT2D eigenvalue weighted by molar-refractivity contribution is 5.93. The fourth-order valence-corrected chi connectivity index (χ4v) is 2.67. The molecular weight excluding hydrogens is 254 g/mol. The van der Waals surface area contributed by atoms with Crippen molar-refractivity contribution in [2.45, 2.75) is 25.8 Å². The van der Waals surface area contributed by atoms with Crippen LogP contribution in [-0.4, -0.2) is 31.7 Å². The van der Waals surface area contributed by atoms with Gasteiger partial charge in [-0.15, -0.1) is 0 Å². The molecule has 0 spiro atoms. The number of amides is 1. The van der Waals surface area contributed by atoms with E-state index in [2.05, 4.69) is 21.8 Å². The maximum Gasteiger partial charge on any atom is 0.299 e. The van der Waals surface area contributed by atoms with Crippen molar-refractivity contribution in [3.8, 4) is 11.8 Å². The van der Waals surface area contributed by atoms with Crippen LogP contribution >= 0.6 is 0 Å². The van der Waals surface area contributed by atoms with Crippen LogP contribution in [0.15, 0.2) is 18.6 Å². The molecule has 3 heterocycles. The van der Waals surface area contributed by atoms with Gasteiger partial charge in [-0.1, -0.05) is 5.92 Å². The van der Waals surface area contributed by atoms with Crippen molar-refractivity contribution in [2.24, 2.45) is 0 Å². The molecule has 0 aliphatic carbocycles. The summed E-state index contributed by atoms with van der Waals surface area (Å²) < 4.78 is 1.90. The van der Waals surface area contributed by atoms with Gasteiger partial charge in [-0.2, -0.15) is 0 Å². The molecule has 6 nitrogen and oxygen atoms in total. The van der Waals surface area contributed by atoms with Gasteiger partial charge in [-0.25, -0.2) is 9.97 Å². The number of fused-ring (bicyclic) bond motifs is 1. The first-order valence-electron chi connectivity index (χ1n) is 6.53. The van der Waals surface area contributed by atoms with E-state index in [4.69, 9.17) is 5.73 Å². The van der Waals surface area contributed by atoms with Crippen LogP contribution in [0, 0.1) is 11.8 Å². The van der Waals surface area contributed by atoms with Gasteiger partial charge in [0, 0.05) is 18.9 Å². The van der Waals surface area contributed by atoms with Crippen molar-refractivity contribution < 1.29 is 4.79 Å². The molecule has 2 N–H and O–H groups in total. The van der Waals surface area contributed by atoms with Gasteiger partial charge >= 0.3 is 0 Å². The molecule has 2 aromatic heterocycles. The number of carbonyl (C=O) groups excluding carboxylic acids is 1. The fraction of sp³-hybridized carbons (Fsp3) is 0.357. The number of nitrogens with two attached hydrogens (primary N) is 1. The number of anilines is 1. The van der Waals surface area contributed by atoms with Crippen LogP contribution in [0.5, 0.6) is 0 Å². The lowest BCUT2D eigenvalue weighted by molar-refractivity contribution is -0.126. The Kier molecular flexibility index (Phi) is 3.03. The maximum absolute atomic E-state index is 12.0. The van der Waals surface area contributed by atoms with E-state index in [1.54, 1.807) is 24.2 Å². The van der Waals surface area contributed by atoms with E-state index >= 15 is 0 Å². The molecule has 1 unspecified atom stereocenters. The largest absolute Gasteiger partial charge is 0.382 e. The summed E-state index contributed by atoms with van der Waals surface area (Å²) in [7, 11) is 0. The van der Waals surface area contributed by atoms with Crippen molar-refractivity contribution in [1.82, 2.24) is 19.3 Å². The van der Waals surface area contributed by atoms with Crippen LogP contribution in [0.2, 0.25) is 0 Å². The molecule has 20 heavy (non-hydrogen) atoms. The summed E-state index contributed by atoms with van der Waals surface area (Å²) in [6.45, 7) is 2.38. The lowest BCUT2D eigenvalue weighted by atomic mass is 10.2. The van der Waals surface area contributed by atoms with E-state index in [-0.39, 0.29) is 11.9 Å². The summed E-state index contributed by atoms with van der Waals surface area (Å²) in [5.74, 6) is 6.37. The first-order chi connectivity index (χ1) is 9.72. The second-order valence-corrected chi connectivity index (χ2v) is 4.72. The Labute approximate surface area is 116 Å². The van der Waals surface area contributed by atoms with Crippen LogP contribution in [0.3, 0.4) is 0 Å². The normalized spacial score (nSPS) is 18.1. The monoisotopic (exact) mass is 269 g/mol. The topological polar surface area (TPSA) is 76.5 Å². The summed E-state index contributed by atoms with van der Waals surface area (Å²) in [6, 6.07) is -0.0485. The first-order valence-corrected chi connectivity index (χ1v) is 6.53. The number of nitrogen functional groups attached to an aromatic ring is 1. The molecule has 1 fully saturated rings. The molecule has 1 aliphatic rings. The van der Waals surface area contributed by atoms with Crippen molar-refractivity contribution in [2.75, 3.05) is 12.3 Å². The number of hydrogen-bond acceptors (Lipinski definition) is 4. The number of aromatic nitrogens is 3. The summed E-state index contributed by atoms with van der Waals surface area (Å²) in [5, 5.41) is 0. The van der Waals surface area contributed by atoms with Gasteiger partial charge < -0.3 is 10.6 Å². The molecule has 1 amide bonds. The van der Waals surface area contributed by atoms with Crippen LogP contribution in [0.4, 0.5) is 5.82 Å². The molecule has 1 atom stereocenters. The first kappa shape index (κ1) is 12.5. The van der Waals surface area contributed by atoms with E-state index in [9.17, 15) is 4.79 Å². The Morgan fingerprint density at radius 2 is 2.35 bits per heavy atom. The van der Waals surface area contributed by atoms with Crippen LogP contribution in [0.1, 0.15) is 31.6 Å². The average molecular weight is 269 g/mol. The smallest absolute Gasteiger partial charge is 0.299 e. The molecule has 1 aliphatic heterocycles. The Morgan fingerprint density at radius 1 is 1.50 bits per heavy atom. The van der Waals surface area contributed by atoms with Gasteiger partial charge in [0.1, 0.15) is 17.2 Å². The summed E-state index contributed by atoms with van der Waals surface area (Å²) in [5.41, 5.74) is 6.60. The van der Waals surface area contributed by atoms with Crippen molar-refractivity contribution in [3.63, 3.8) is 0 Å². The zero-order valence-electron chi connectivity index (χ0n) is 11.2. The second-order valence-electron chi connectivity index (χ2n) is 4.72. The van der Waals surface area contributed by atoms with Crippen molar-refractivity contribution in [3.05, 3.63) is 24.4 Å². The number of rotatable bonds is 1. The molecule has 0 radical (unpaired) electrons. The summed E-state index contributed by atoms with van der Waals surface area (Å²) in [6.07, 6.45) is 7.00. The molecule has 0 saturated carbocycles. The molecule has 2 aromatic rings. The van der Waals surface area contributed by atoms with Gasteiger partial charge in [0.15, 0.2) is 0 Å². The molecule has 0 bridgehead atoms. The van der Waals surface area contributed by atoms with E-state index in [0.29, 0.717) is 12.4 Å². The number of hydrogen-bond donors (Lipinski definition) is 1. The number of nitrogens with zero attached hydrogens (tertiary/aromatic N) is 4. The number of carbonyl (C=O) groups is 1. The molecule has 0 aromatic carbocycles. The quantitative estimate of drug-likeness (QED) is 0.783.